The zero-order valence-corrected chi connectivity index (χ0v) is 21.0. The Labute approximate surface area is 210 Å². The van der Waals surface area contributed by atoms with E-state index in [1.165, 1.54) is 0 Å². The number of nitrogens with zero attached hydrogens (tertiary/aromatic N) is 1. The average molecular weight is 501 g/mol. The maximum atomic E-state index is 12.3. The minimum absolute atomic E-state index is 0.0588. The molecule has 6 aliphatic rings. The first kappa shape index (κ1) is 23.5. The zero-order valence-electron chi connectivity index (χ0n) is 20.3. The van der Waals surface area contributed by atoms with Crippen LogP contribution in [0.2, 0.25) is 5.02 Å². The molecule has 1 saturated heterocycles. The molecule has 3 saturated carbocycles. The standard InChI is InChI=1S/C27H33ClN2O5/c1-24-11-10-21-25(2)12-9-19(31)15-26(25)13-14-27(21,35-34-26)20(24)7-8-22(24)30-33-16-23(32)29-18-5-3-17(28)4-6-18/h3-6,13-14,19-21,31H,7-12,15-16H2,1-2H3,(H,29,32)/b30-22+/t19-,20+,21-,24-,25+,26+,27-/m0/s1. The van der Waals surface area contributed by atoms with Crippen LogP contribution in [-0.4, -0.2) is 40.6 Å². The molecule has 2 spiro atoms. The van der Waals surface area contributed by atoms with Gasteiger partial charge in [0.05, 0.1) is 11.8 Å². The van der Waals surface area contributed by atoms with Crippen molar-refractivity contribution in [2.75, 3.05) is 11.9 Å². The number of hydrogen-bond acceptors (Lipinski definition) is 6. The molecular weight excluding hydrogens is 468 g/mol. The molecule has 2 N–H and O–H groups in total. The summed E-state index contributed by atoms with van der Waals surface area (Å²) in [5, 5.41) is 18.3. The monoisotopic (exact) mass is 500 g/mol. The number of aliphatic hydroxyl groups is 1. The van der Waals surface area contributed by atoms with Crippen molar-refractivity contribution in [1.82, 2.24) is 0 Å². The maximum Gasteiger partial charge on any atom is 0.265 e. The Bertz CT molecular complexity index is 1090. The summed E-state index contributed by atoms with van der Waals surface area (Å²) in [6.45, 7) is 4.44. The van der Waals surface area contributed by atoms with Gasteiger partial charge in [0.15, 0.2) is 6.61 Å². The van der Waals surface area contributed by atoms with Crippen LogP contribution in [0.3, 0.4) is 0 Å². The van der Waals surface area contributed by atoms with Crippen LogP contribution in [0.25, 0.3) is 0 Å². The first-order valence-electron chi connectivity index (χ1n) is 12.7. The molecule has 8 heteroatoms. The highest BCUT2D eigenvalue weighted by Gasteiger charge is 2.74. The molecule has 1 aromatic carbocycles. The Morgan fingerprint density at radius 1 is 1.14 bits per heavy atom. The molecule has 188 valence electrons. The van der Waals surface area contributed by atoms with Gasteiger partial charge in [0, 0.05) is 39.8 Å². The average Bonchev–Trinajstić information content (AvgIpc) is 3.17. The van der Waals surface area contributed by atoms with Crippen molar-refractivity contribution in [2.45, 2.75) is 76.1 Å². The second-order valence-corrected chi connectivity index (χ2v) is 12.0. The number of anilines is 1. The van der Waals surface area contributed by atoms with E-state index in [0.717, 1.165) is 44.2 Å². The van der Waals surface area contributed by atoms with E-state index in [-0.39, 0.29) is 35.4 Å². The number of carbonyl (C=O) groups is 1. The lowest BCUT2D eigenvalue weighted by atomic mass is 9.43. The fourth-order valence-corrected chi connectivity index (χ4v) is 8.07. The molecule has 2 aliphatic heterocycles. The van der Waals surface area contributed by atoms with E-state index < -0.39 is 11.2 Å². The predicted molar refractivity (Wildman–Crippen MR) is 132 cm³/mol. The van der Waals surface area contributed by atoms with Gasteiger partial charge in [-0.05, 0) is 68.9 Å². The second-order valence-electron chi connectivity index (χ2n) is 11.5. The predicted octanol–water partition coefficient (Wildman–Crippen LogP) is 5.04. The Morgan fingerprint density at radius 3 is 2.69 bits per heavy atom. The fraction of sp³-hybridized carbons (Fsp3) is 0.630. The number of benzene rings is 1. The molecule has 4 aliphatic carbocycles. The molecule has 0 aromatic heterocycles. The van der Waals surface area contributed by atoms with Crippen molar-refractivity contribution >= 4 is 28.9 Å². The number of aliphatic hydroxyl groups excluding tert-OH is 1. The third-order valence-corrected chi connectivity index (χ3v) is 10.1. The number of hydrogen-bond donors (Lipinski definition) is 2. The lowest BCUT2D eigenvalue weighted by Crippen LogP contribution is -2.73. The number of carbonyl (C=O) groups excluding carboxylic acids is 1. The minimum atomic E-state index is -0.541. The largest absolute Gasteiger partial charge is 0.393 e. The van der Waals surface area contributed by atoms with E-state index in [1.807, 2.05) is 0 Å². The van der Waals surface area contributed by atoms with E-state index in [2.05, 4.69) is 36.5 Å². The molecule has 2 heterocycles. The third-order valence-electron chi connectivity index (χ3n) is 9.86. The Kier molecular flexibility index (Phi) is 5.39. The normalized spacial score (nSPS) is 44.5. The Morgan fingerprint density at radius 2 is 1.94 bits per heavy atom. The van der Waals surface area contributed by atoms with Gasteiger partial charge in [-0.2, -0.15) is 0 Å². The topological polar surface area (TPSA) is 89.4 Å². The number of rotatable bonds is 4. The van der Waals surface area contributed by atoms with Gasteiger partial charge in [0.2, 0.25) is 0 Å². The van der Waals surface area contributed by atoms with Gasteiger partial charge in [-0.15, -0.1) is 0 Å². The van der Waals surface area contributed by atoms with Crippen LogP contribution in [0, 0.1) is 22.7 Å². The van der Waals surface area contributed by atoms with E-state index in [9.17, 15) is 9.90 Å². The van der Waals surface area contributed by atoms with Gasteiger partial charge in [0.25, 0.3) is 5.91 Å². The van der Waals surface area contributed by atoms with Gasteiger partial charge in [-0.1, -0.05) is 36.7 Å². The smallest absolute Gasteiger partial charge is 0.265 e. The highest BCUT2D eigenvalue weighted by atomic mass is 35.5. The van der Waals surface area contributed by atoms with Crippen LogP contribution in [0.4, 0.5) is 5.69 Å². The van der Waals surface area contributed by atoms with E-state index in [1.54, 1.807) is 24.3 Å². The van der Waals surface area contributed by atoms with Crippen molar-refractivity contribution < 1.29 is 24.5 Å². The van der Waals surface area contributed by atoms with Crippen molar-refractivity contribution in [3.8, 4) is 0 Å². The molecule has 0 unspecified atom stereocenters. The van der Waals surface area contributed by atoms with E-state index in [4.69, 9.17) is 26.2 Å². The highest BCUT2D eigenvalue weighted by Crippen LogP contribution is 2.70. The van der Waals surface area contributed by atoms with Gasteiger partial charge in [0.1, 0.15) is 11.2 Å². The lowest BCUT2D eigenvalue weighted by molar-refractivity contribution is -0.496. The Balaban J connectivity index is 1.19. The van der Waals surface area contributed by atoms with Crippen LogP contribution < -0.4 is 5.32 Å². The summed E-state index contributed by atoms with van der Waals surface area (Å²) < 4.78 is 0. The van der Waals surface area contributed by atoms with Gasteiger partial charge in [-0.25, -0.2) is 9.78 Å². The number of amides is 1. The maximum absolute atomic E-state index is 12.3. The molecule has 35 heavy (non-hydrogen) atoms. The molecule has 1 aromatic rings. The first-order chi connectivity index (χ1) is 16.7. The molecule has 7 rings (SSSR count). The number of nitrogens with one attached hydrogen (secondary N) is 1. The van der Waals surface area contributed by atoms with Gasteiger partial charge in [-0.3, -0.25) is 4.79 Å². The molecule has 7 nitrogen and oxygen atoms in total. The van der Waals surface area contributed by atoms with E-state index >= 15 is 0 Å². The van der Waals surface area contributed by atoms with Crippen molar-refractivity contribution in [2.24, 2.45) is 27.8 Å². The third kappa shape index (κ3) is 3.35. The summed E-state index contributed by atoms with van der Waals surface area (Å²) >= 11 is 5.90. The summed E-state index contributed by atoms with van der Waals surface area (Å²) in [6.07, 6.45) is 10.2. The van der Waals surface area contributed by atoms with Crippen molar-refractivity contribution in [3.05, 3.63) is 41.4 Å². The van der Waals surface area contributed by atoms with Crippen LogP contribution >= 0.6 is 11.6 Å². The molecule has 2 bridgehead atoms. The van der Waals surface area contributed by atoms with Crippen molar-refractivity contribution in [3.63, 3.8) is 0 Å². The second kappa shape index (κ2) is 8.04. The summed E-state index contributed by atoms with van der Waals surface area (Å²) in [5.41, 5.74) is 0.392. The summed E-state index contributed by atoms with van der Waals surface area (Å²) in [7, 11) is 0. The van der Waals surface area contributed by atoms with Crippen molar-refractivity contribution in [1.29, 1.82) is 0 Å². The van der Waals surface area contributed by atoms with Crippen LogP contribution in [0.15, 0.2) is 41.6 Å². The summed E-state index contributed by atoms with van der Waals surface area (Å²) in [4.78, 5) is 30.4. The number of oxime groups is 1. The SMILES string of the molecule is C[C@]12CC[C@@H]3[C@]4(C=C[C@]5(C[C@@H](O)CC[C@]35C)OO4)[C@@H]1CC/C2=N\OCC(=O)Nc1ccc(Cl)cc1. The van der Waals surface area contributed by atoms with Crippen LogP contribution in [-0.2, 0) is 19.4 Å². The molecule has 7 atom stereocenters. The van der Waals surface area contributed by atoms with Gasteiger partial charge >= 0.3 is 0 Å². The minimum Gasteiger partial charge on any atom is -0.393 e. The summed E-state index contributed by atoms with van der Waals surface area (Å²) in [6, 6.07) is 6.95. The van der Waals surface area contributed by atoms with E-state index in [0.29, 0.717) is 23.0 Å². The Hall–Kier alpha value is -1.93. The van der Waals surface area contributed by atoms with Gasteiger partial charge < -0.3 is 15.3 Å². The van der Waals surface area contributed by atoms with Crippen LogP contribution in [0.1, 0.15) is 58.8 Å². The molecule has 4 fully saturated rings. The zero-order chi connectivity index (χ0) is 24.5. The lowest BCUT2D eigenvalue weighted by Gasteiger charge is -2.69. The van der Waals surface area contributed by atoms with Crippen LogP contribution in [0.5, 0.6) is 0 Å². The fourth-order valence-electron chi connectivity index (χ4n) is 7.94. The molecule has 1 amide bonds. The molecular formula is C27H33ClN2O5. The summed E-state index contributed by atoms with van der Waals surface area (Å²) in [5.74, 6) is 0.295. The first-order valence-corrected chi connectivity index (χ1v) is 13.1. The highest BCUT2D eigenvalue weighted by molar-refractivity contribution is 6.30. The molecule has 0 radical (unpaired) electrons. The quantitative estimate of drug-likeness (QED) is 0.343. The number of fused-ring (bicyclic) bond motifs is 2. The number of halogens is 1.